The lowest BCUT2D eigenvalue weighted by molar-refractivity contribution is -0.143. The highest BCUT2D eigenvalue weighted by Crippen LogP contribution is 2.36. The van der Waals surface area contributed by atoms with Crippen LogP contribution in [0.5, 0.6) is 0 Å². The van der Waals surface area contributed by atoms with Crippen molar-refractivity contribution in [3.05, 3.63) is 18.0 Å². The van der Waals surface area contributed by atoms with E-state index in [0.717, 1.165) is 18.4 Å². The van der Waals surface area contributed by atoms with E-state index in [0.29, 0.717) is 19.4 Å². The third kappa shape index (κ3) is 4.19. The van der Waals surface area contributed by atoms with Crippen LogP contribution in [-0.4, -0.2) is 74.7 Å². The first kappa shape index (κ1) is 20.3. The van der Waals surface area contributed by atoms with Crippen LogP contribution < -0.4 is 5.32 Å². The zero-order chi connectivity index (χ0) is 20.4. The minimum absolute atomic E-state index is 0.0282. The summed E-state index contributed by atoms with van der Waals surface area (Å²) in [5.74, 6) is -1.15. The summed E-state index contributed by atoms with van der Waals surface area (Å²) >= 11 is 0. The van der Waals surface area contributed by atoms with E-state index in [1.807, 2.05) is 25.1 Å². The predicted molar refractivity (Wildman–Crippen MR) is 101 cm³/mol. The Bertz CT molecular complexity index is 742. The van der Waals surface area contributed by atoms with Crippen molar-refractivity contribution in [3.63, 3.8) is 0 Å². The van der Waals surface area contributed by atoms with Crippen molar-refractivity contribution in [2.75, 3.05) is 20.1 Å². The summed E-state index contributed by atoms with van der Waals surface area (Å²) in [7, 11) is 3.55. The Kier molecular flexibility index (Phi) is 6.02. The van der Waals surface area contributed by atoms with Crippen LogP contribution in [0.3, 0.4) is 0 Å². The maximum Gasteiger partial charge on any atom is 0.317 e. The number of carboxylic acid groups (broad SMARTS) is 1. The van der Waals surface area contributed by atoms with Gasteiger partial charge >= 0.3 is 5.97 Å². The van der Waals surface area contributed by atoms with Crippen LogP contribution in [0, 0.1) is 5.92 Å². The molecule has 154 valence electrons. The second-order valence-corrected chi connectivity index (χ2v) is 7.83. The van der Waals surface area contributed by atoms with Gasteiger partial charge in [-0.2, -0.15) is 5.10 Å². The molecule has 2 amide bonds. The number of carbonyl (C=O) groups is 3. The number of piperidine rings is 1. The van der Waals surface area contributed by atoms with Crippen molar-refractivity contribution in [3.8, 4) is 0 Å². The number of likely N-dealkylation sites (N-methyl/N-ethyl adjacent to an activating group) is 1. The molecule has 2 heterocycles. The number of rotatable bonds is 7. The highest BCUT2D eigenvalue weighted by molar-refractivity contribution is 5.85. The molecule has 1 aliphatic heterocycles. The monoisotopic (exact) mass is 391 g/mol. The average molecular weight is 391 g/mol. The SMILES string of the molecule is CCN(CC(=O)O)C1CC(NC(=O)C2CCC(=O)N(C)C2c2cnn(C)c2)C1. The number of aliphatic carboxylic acids is 1. The number of amides is 2. The van der Waals surface area contributed by atoms with Gasteiger partial charge in [-0.3, -0.25) is 24.0 Å². The van der Waals surface area contributed by atoms with Crippen LogP contribution in [0.4, 0.5) is 0 Å². The second kappa shape index (κ2) is 8.30. The third-order valence-corrected chi connectivity index (χ3v) is 5.98. The van der Waals surface area contributed by atoms with Gasteiger partial charge in [0.25, 0.3) is 0 Å². The van der Waals surface area contributed by atoms with Gasteiger partial charge < -0.3 is 15.3 Å². The lowest BCUT2D eigenvalue weighted by Gasteiger charge is -2.44. The van der Waals surface area contributed by atoms with E-state index < -0.39 is 5.97 Å². The number of aryl methyl sites for hydroxylation is 1. The van der Waals surface area contributed by atoms with Gasteiger partial charge in [-0.05, 0) is 25.8 Å². The molecule has 2 fully saturated rings. The number of nitrogens with zero attached hydrogens (tertiary/aromatic N) is 4. The zero-order valence-electron chi connectivity index (χ0n) is 16.7. The summed E-state index contributed by atoms with van der Waals surface area (Å²) in [6.07, 6.45) is 5.96. The lowest BCUT2D eigenvalue weighted by atomic mass is 9.82. The zero-order valence-corrected chi connectivity index (χ0v) is 16.7. The number of carboxylic acids is 1. The minimum Gasteiger partial charge on any atom is -0.480 e. The molecule has 1 aliphatic carbocycles. The quantitative estimate of drug-likeness (QED) is 0.696. The van der Waals surface area contributed by atoms with Gasteiger partial charge in [-0.15, -0.1) is 0 Å². The summed E-state index contributed by atoms with van der Waals surface area (Å²) in [5.41, 5.74) is 0.864. The van der Waals surface area contributed by atoms with E-state index in [-0.39, 0.29) is 42.4 Å². The van der Waals surface area contributed by atoms with Crippen molar-refractivity contribution in [1.82, 2.24) is 24.9 Å². The molecule has 28 heavy (non-hydrogen) atoms. The van der Waals surface area contributed by atoms with E-state index in [4.69, 9.17) is 5.11 Å². The Labute approximate surface area is 164 Å². The van der Waals surface area contributed by atoms with Crippen LogP contribution in [0.25, 0.3) is 0 Å². The lowest BCUT2D eigenvalue weighted by Crippen LogP contribution is -2.56. The van der Waals surface area contributed by atoms with Crippen LogP contribution in [0.15, 0.2) is 12.4 Å². The van der Waals surface area contributed by atoms with Gasteiger partial charge in [0.2, 0.25) is 11.8 Å². The average Bonchev–Trinajstić information content (AvgIpc) is 3.03. The topological polar surface area (TPSA) is 108 Å². The van der Waals surface area contributed by atoms with Crippen LogP contribution >= 0.6 is 0 Å². The molecule has 1 saturated carbocycles. The molecule has 2 N–H and O–H groups in total. The Morgan fingerprint density at radius 2 is 2.07 bits per heavy atom. The van der Waals surface area contributed by atoms with E-state index in [1.54, 1.807) is 22.8 Å². The molecule has 3 rings (SSSR count). The van der Waals surface area contributed by atoms with Gasteiger partial charge in [-0.1, -0.05) is 6.92 Å². The first-order chi connectivity index (χ1) is 13.3. The van der Waals surface area contributed by atoms with Crippen molar-refractivity contribution in [2.24, 2.45) is 13.0 Å². The van der Waals surface area contributed by atoms with Crippen molar-refractivity contribution >= 4 is 17.8 Å². The smallest absolute Gasteiger partial charge is 0.317 e. The first-order valence-electron chi connectivity index (χ1n) is 9.80. The molecule has 0 aromatic carbocycles. The number of likely N-dealkylation sites (tertiary alicyclic amines) is 1. The first-order valence-corrected chi connectivity index (χ1v) is 9.80. The highest BCUT2D eigenvalue weighted by Gasteiger charge is 2.42. The normalized spacial score (nSPS) is 27.6. The molecule has 9 nitrogen and oxygen atoms in total. The van der Waals surface area contributed by atoms with Crippen LogP contribution in [0.1, 0.15) is 44.2 Å². The third-order valence-electron chi connectivity index (χ3n) is 5.98. The van der Waals surface area contributed by atoms with Gasteiger partial charge in [0, 0.05) is 44.4 Å². The summed E-state index contributed by atoms with van der Waals surface area (Å²) < 4.78 is 1.68. The maximum atomic E-state index is 13.0. The van der Waals surface area contributed by atoms with E-state index in [9.17, 15) is 14.4 Å². The number of aromatic nitrogens is 2. The highest BCUT2D eigenvalue weighted by atomic mass is 16.4. The van der Waals surface area contributed by atoms with Crippen LogP contribution in [-0.2, 0) is 21.4 Å². The molecule has 2 aliphatic rings. The summed E-state index contributed by atoms with van der Waals surface area (Å²) in [4.78, 5) is 39.7. The molecule has 1 aromatic heterocycles. The van der Waals surface area contributed by atoms with Crippen LogP contribution in [0.2, 0.25) is 0 Å². The summed E-state index contributed by atoms with van der Waals surface area (Å²) in [6.45, 7) is 2.65. The standard InChI is InChI=1S/C19H29N5O4/c1-4-24(11-17(26)27)14-7-13(8-14)21-19(28)15-5-6-16(25)23(3)18(15)12-9-20-22(2)10-12/h9-10,13-15,18H,4-8,11H2,1-3H3,(H,21,28)(H,26,27). The van der Waals surface area contributed by atoms with Gasteiger partial charge in [0.15, 0.2) is 0 Å². The Morgan fingerprint density at radius 3 is 2.64 bits per heavy atom. The molecule has 2 unspecified atom stereocenters. The molecule has 2 atom stereocenters. The van der Waals surface area contributed by atoms with Gasteiger partial charge in [0.1, 0.15) is 0 Å². The fraction of sp³-hybridized carbons (Fsp3) is 0.684. The molecule has 9 heteroatoms. The summed E-state index contributed by atoms with van der Waals surface area (Å²) in [6, 6.07) is -0.0704. The predicted octanol–water partition coefficient (Wildman–Crippen LogP) is 0.383. The molecule has 0 spiro atoms. The molecule has 0 radical (unpaired) electrons. The summed E-state index contributed by atoms with van der Waals surface area (Å²) in [5, 5.41) is 16.3. The number of hydrogen-bond acceptors (Lipinski definition) is 5. The molecule has 0 bridgehead atoms. The van der Waals surface area contributed by atoms with E-state index in [1.165, 1.54) is 0 Å². The largest absolute Gasteiger partial charge is 0.480 e. The van der Waals surface area contributed by atoms with E-state index >= 15 is 0 Å². The van der Waals surface area contributed by atoms with E-state index in [2.05, 4.69) is 10.4 Å². The Balaban J connectivity index is 1.62. The number of nitrogens with one attached hydrogen (secondary N) is 1. The molecular formula is C19H29N5O4. The van der Waals surface area contributed by atoms with Gasteiger partial charge in [-0.25, -0.2) is 0 Å². The van der Waals surface area contributed by atoms with Crippen molar-refractivity contribution in [1.29, 1.82) is 0 Å². The molecule has 1 saturated heterocycles. The van der Waals surface area contributed by atoms with Gasteiger partial charge in [0.05, 0.1) is 24.7 Å². The molecule has 1 aromatic rings. The number of hydrogen-bond donors (Lipinski definition) is 2. The Hall–Kier alpha value is -2.42. The fourth-order valence-electron chi connectivity index (χ4n) is 4.35. The van der Waals surface area contributed by atoms with Crippen molar-refractivity contribution < 1.29 is 19.5 Å². The van der Waals surface area contributed by atoms with Crippen molar-refractivity contribution in [2.45, 2.75) is 50.7 Å². The fourth-order valence-corrected chi connectivity index (χ4v) is 4.35. The minimum atomic E-state index is -0.830. The molecular weight excluding hydrogens is 362 g/mol. The second-order valence-electron chi connectivity index (χ2n) is 7.83. The maximum absolute atomic E-state index is 13.0. The Morgan fingerprint density at radius 1 is 1.36 bits per heavy atom. The number of carbonyl (C=O) groups excluding carboxylic acids is 2.